The first-order chi connectivity index (χ1) is 6.45. The molecule has 4 fully saturated rings. The summed E-state index contributed by atoms with van der Waals surface area (Å²) in [6.45, 7) is 0. The minimum atomic E-state index is -0.783. The average molecular weight is 194 g/mol. The molecule has 0 unspecified atom stereocenters. The van der Waals surface area contributed by atoms with E-state index in [4.69, 9.17) is 11.5 Å². The summed E-state index contributed by atoms with van der Waals surface area (Å²) in [4.78, 5) is 23.7. The molecule has 4 saturated carbocycles. The first-order valence-corrected chi connectivity index (χ1v) is 5.11. The predicted octanol–water partition coefficient (Wildman–Crippen LogP) is -0.647. The maximum Gasteiger partial charge on any atom is 0.155 e. The molecule has 4 aliphatic rings. The Morgan fingerprint density at radius 1 is 1.00 bits per heavy atom. The Balaban J connectivity index is 2.11. The molecular formula is C10H14N2O2. The standard InChI is InChI=1S/C10H14N2O2/c11-9-2-5-1-6(8(9)14)3-10(12,4-9)7(5)13/h5-6H,1-4,11-12H2/t5-,6-,9-,10+/m1/s1. The van der Waals surface area contributed by atoms with E-state index >= 15 is 0 Å². The van der Waals surface area contributed by atoms with E-state index in [1.165, 1.54) is 0 Å². The first-order valence-electron chi connectivity index (χ1n) is 5.11. The summed E-state index contributed by atoms with van der Waals surface area (Å²) in [6, 6.07) is 0. The Labute approximate surface area is 82.0 Å². The Morgan fingerprint density at radius 3 is 1.79 bits per heavy atom. The Kier molecular flexibility index (Phi) is 1.28. The van der Waals surface area contributed by atoms with Gasteiger partial charge in [0.2, 0.25) is 0 Å². The van der Waals surface area contributed by atoms with E-state index < -0.39 is 11.1 Å². The van der Waals surface area contributed by atoms with Gasteiger partial charge in [0.25, 0.3) is 0 Å². The second kappa shape index (κ2) is 2.09. The molecule has 4 aliphatic carbocycles. The fraction of sp³-hybridized carbons (Fsp3) is 0.800. The van der Waals surface area contributed by atoms with Gasteiger partial charge in [-0.05, 0) is 25.7 Å². The first kappa shape index (κ1) is 8.56. The zero-order valence-electron chi connectivity index (χ0n) is 7.95. The van der Waals surface area contributed by atoms with Gasteiger partial charge in [0.1, 0.15) is 0 Å². The molecule has 0 aromatic heterocycles. The minimum absolute atomic E-state index is 0.0461. The summed E-state index contributed by atoms with van der Waals surface area (Å²) < 4.78 is 0. The third-order valence-corrected chi connectivity index (χ3v) is 4.14. The predicted molar refractivity (Wildman–Crippen MR) is 49.3 cm³/mol. The number of rotatable bonds is 0. The van der Waals surface area contributed by atoms with Gasteiger partial charge in [0.05, 0.1) is 11.1 Å². The molecule has 4 rings (SSSR count). The fourth-order valence-electron chi connectivity index (χ4n) is 3.68. The number of carbonyl (C=O) groups excluding carboxylic acids is 2. The van der Waals surface area contributed by atoms with E-state index in [0.29, 0.717) is 25.7 Å². The lowest BCUT2D eigenvalue weighted by molar-refractivity contribution is -0.155. The molecule has 0 saturated heterocycles. The molecule has 0 aliphatic heterocycles. The van der Waals surface area contributed by atoms with Crippen molar-refractivity contribution in [2.75, 3.05) is 0 Å². The molecule has 0 aromatic carbocycles. The minimum Gasteiger partial charge on any atom is -0.319 e. The van der Waals surface area contributed by atoms with Gasteiger partial charge in [-0.2, -0.15) is 0 Å². The van der Waals surface area contributed by atoms with Crippen LogP contribution in [0.15, 0.2) is 0 Å². The molecule has 0 amide bonds. The molecule has 0 spiro atoms. The van der Waals surface area contributed by atoms with Crippen LogP contribution in [0.5, 0.6) is 0 Å². The summed E-state index contributed by atoms with van der Waals surface area (Å²) in [5.41, 5.74) is 10.5. The molecule has 0 radical (unpaired) electrons. The van der Waals surface area contributed by atoms with Crippen LogP contribution < -0.4 is 11.5 Å². The van der Waals surface area contributed by atoms with E-state index in [1.807, 2.05) is 0 Å². The molecule has 14 heavy (non-hydrogen) atoms. The van der Waals surface area contributed by atoms with E-state index in [1.54, 1.807) is 0 Å². The van der Waals surface area contributed by atoms with Crippen molar-refractivity contribution in [3.05, 3.63) is 0 Å². The van der Waals surface area contributed by atoms with Crippen LogP contribution in [0.2, 0.25) is 0 Å². The van der Waals surface area contributed by atoms with Gasteiger partial charge >= 0.3 is 0 Å². The zero-order chi connectivity index (χ0) is 10.1. The lowest BCUT2D eigenvalue weighted by Gasteiger charge is -2.56. The lowest BCUT2D eigenvalue weighted by atomic mass is 9.49. The van der Waals surface area contributed by atoms with Gasteiger partial charge in [-0.3, -0.25) is 9.59 Å². The Bertz CT molecular complexity index is 322. The summed E-state index contributed by atoms with van der Waals surface area (Å²) >= 11 is 0. The average Bonchev–Trinajstić information content (AvgIpc) is 2.06. The largest absolute Gasteiger partial charge is 0.319 e. The number of hydrogen-bond acceptors (Lipinski definition) is 4. The van der Waals surface area contributed by atoms with Gasteiger partial charge < -0.3 is 11.5 Å². The maximum absolute atomic E-state index is 11.9. The maximum atomic E-state index is 11.9. The third kappa shape index (κ3) is 0.769. The van der Waals surface area contributed by atoms with Crippen LogP contribution >= 0.6 is 0 Å². The molecule has 4 bridgehead atoms. The highest BCUT2D eigenvalue weighted by molar-refractivity contribution is 6.03. The molecule has 0 aromatic rings. The Hall–Kier alpha value is -0.740. The van der Waals surface area contributed by atoms with E-state index in [-0.39, 0.29) is 23.4 Å². The van der Waals surface area contributed by atoms with Crippen molar-refractivity contribution < 1.29 is 9.59 Å². The van der Waals surface area contributed by atoms with Crippen LogP contribution in [-0.2, 0) is 9.59 Å². The van der Waals surface area contributed by atoms with Crippen LogP contribution in [0.25, 0.3) is 0 Å². The SMILES string of the molecule is N[C@]12C[C@H]3C[C@H](C[C@](N)(C1)C3=O)C2=O. The highest BCUT2D eigenvalue weighted by Gasteiger charge is 2.64. The topological polar surface area (TPSA) is 86.2 Å². The van der Waals surface area contributed by atoms with Crippen molar-refractivity contribution in [1.29, 1.82) is 0 Å². The van der Waals surface area contributed by atoms with E-state index in [9.17, 15) is 9.59 Å². The van der Waals surface area contributed by atoms with E-state index in [0.717, 1.165) is 0 Å². The van der Waals surface area contributed by atoms with E-state index in [2.05, 4.69) is 0 Å². The van der Waals surface area contributed by atoms with Crippen LogP contribution in [-0.4, -0.2) is 22.6 Å². The lowest BCUT2D eigenvalue weighted by Crippen LogP contribution is -2.74. The van der Waals surface area contributed by atoms with Crippen molar-refractivity contribution >= 4 is 11.6 Å². The Morgan fingerprint density at radius 2 is 1.43 bits per heavy atom. The molecule has 4 nitrogen and oxygen atoms in total. The van der Waals surface area contributed by atoms with Crippen LogP contribution in [0.4, 0.5) is 0 Å². The third-order valence-electron chi connectivity index (χ3n) is 4.14. The van der Waals surface area contributed by atoms with Crippen molar-refractivity contribution in [2.24, 2.45) is 23.3 Å². The molecular weight excluding hydrogens is 180 g/mol. The second-order valence-electron chi connectivity index (χ2n) is 5.26. The van der Waals surface area contributed by atoms with Crippen molar-refractivity contribution in [3.8, 4) is 0 Å². The summed E-state index contributed by atoms with van der Waals surface area (Å²) in [6.07, 6.45) is 2.11. The summed E-state index contributed by atoms with van der Waals surface area (Å²) in [5, 5.41) is 0. The zero-order valence-corrected chi connectivity index (χ0v) is 7.95. The number of Topliss-reactive ketones (excluding diaryl/α,β-unsaturated/α-hetero) is 2. The monoisotopic (exact) mass is 194 g/mol. The summed E-state index contributed by atoms with van der Waals surface area (Å²) in [7, 11) is 0. The molecule has 0 heterocycles. The quantitative estimate of drug-likeness (QED) is 0.536. The van der Waals surface area contributed by atoms with Gasteiger partial charge in [-0.25, -0.2) is 0 Å². The smallest absolute Gasteiger partial charge is 0.155 e. The van der Waals surface area contributed by atoms with Crippen molar-refractivity contribution in [3.63, 3.8) is 0 Å². The van der Waals surface area contributed by atoms with Gasteiger partial charge in [0.15, 0.2) is 11.6 Å². The van der Waals surface area contributed by atoms with Gasteiger partial charge in [-0.15, -0.1) is 0 Å². The molecule has 76 valence electrons. The number of carbonyl (C=O) groups is 2. The van der Waals surface area contributed by atoms with Crippen molar-refractivity contribution in [2.45, 2.75) is 36.8 Å². The highest BCUT2D eigenvalue weighted by atomic mass is 16.1. The normalized spacial score (nSPS) is 55.6. The summed E-state index contributed by atoms with van der Waals surface area (Å²) in [5.74, 6) is 0.190. The van der Waals surface area contributed by atoms with Gasteiger partial charge in [0, 0.05) is 11.8 Å². The van der Waals surface area contributed by atoms with Crippen LogP contribution in [0.3, 0.4) is 0 Å². The number of nitrogens with two attached hydrogens (primary N) is 2. The van der Waals surface area contributed by atoms with Crippen LogP contribution in [0.1, 0.15) is 25.7 Å². The molecule has 4 atom stereocenters. The molecule has 4 N–H and O–H groups in total. The molecule has 4 heteroatoms. The van der Waals surface area contributed by atoms with Crippen molar-refractivity contribution in [1.82, 2.24) is 0 Å². The second-order valence-corrected chi connectivity index (χ2v) is 5.26. The van der Waals surface area contributed by atoms with Gasteiger partial charge in [-0.1, -0.05) is 0 Å². The highest BCUT2D eigenvalue weighted by Crippen LogP contribution is 2.51. The number of ketones is 2. The van der Waals surface area contributed by atoms with Crippen LogP contribution in [0, 0.1) is 11.8 Å². The fourth-order valence-corrected chi connectivity index (χ4v) is 3.68. The number of hydrogen-bond donors (Lipinski definition) is 2.